The van der Waals surface area contributed by atoms with Crippen LogP contribution in [0, 0.1) is 5.92 Å². The van der Waals surface area contributed by atoms with Crippen molar-refractivity contribution in [1.29, 1.82) is 0 Å². The maximum atomic E-state index is 12.6. The molecule has 20 heavy (non-hydrogen) atoms. The fourth-order valence-corrected chi connectivity index (χ4v) is 3.35. The summed E-state index contributed by atoms with van der Waals surface area (Å²) in [7, 11) is 1.81. The Morgan fingerprint density at radius 3 is 2.85 bits per heavy atom. The lowest BCUT2D eigenvalue weighted by Gasteiger charge is -2.37. The number of phenolic OH excluding ortho intramolecular Hbond substituents is 1. The molecule has 0 heterocycles. The van der Waals surface area contributed by atoms with Crippen molar-refractivity contribution in [2.24, 2.45) is 11.7 Å². The lowest BCUT2D eigenvalue weighted by Crippen LogP contribution is -2.45. The molecule has 1 fully saturated rings. The van der Waals surface area contributed by atoms with Gasteiger partial charge in [-0.2, -0.15) is 0 Å². The molecule has 1 amide bonds. The van der Waals surface area contributed by atoms with Crippen LogP contribution in [0.5, 0.6) is 5.75 Å². The van der Waals surface area contributed by atoms with Gasteiger partial charge in [-0.25, -0.2) is 0 Å². The van der Waals surface area contributed by atoms with Crippen molar-refractivity contribution >= 4 is 21.8 Å². The minimum atomic E-state index is -0.144. The summed E-state index contributed by atoms with van der Waals surface area (Å²) in [5.41, 5.74) is 6.17. The molecule has 1 aliphatic rings. The Bertz CT molecular complexity index is 493. The van der Waals surface area contributed by atoms with Gasteiger partial charge in [-0.15, -0.1) is 0 Å². The number of carbonyl (C=O) groups excluding carboxylic acids is 1. The Kier molecular flexibility index (Phi) is 5.05. The molecule has 2 rings (SSSR count). The second-order valence-corrected chi connectivity index (χ2v) is 6.34. The van der Waals surface area contributed by atoms with Crippen LogP contribution in [0.4, 0.5) is 0 Å². The van der Waals surface area contributed by atoms with E-state index in [1.54, 1.807) is 24.1 Å². The number of carbonyl (C=O) groups is 1. The highest BCUT2D eigenvalue weighted by Crippen LogP contribution is 2.30. The quantitative estimate of drug-likeness (QED) is 0.888. The molecular formula is C15H21BrN2O2. The van der Waals surface area contributed by atoms with E-state index in [1.807, 2.05) is 0 Å². The smallest absolute Gasteiger partial charge is 0.257 e. The fourth-order valence-electron chi connectivity index (χ4n) is 2.99. The number of hydrogen-bond donors (Lipinski definition) is 2. The van der Waals surface area contributed by atoms with Gasteiger partial charge in [0.05, 0.1) is 5.56 Å². The molecule has 0 radical (unpaired) electrons. The number of rotatable bonds is 3. The number of phenols is 1. The van der Waals surface area contributed by atoms with E-state index in [9.17, 15) is 9.90 Å². The fraction of sp³-hybridized carbons (Fsp3) is 0.533. The number of nitrogens with two attached hydrogens (primary N) is 1. The van der Waals surface area contributed by atoms with Crippen molar-refractivity contribution < 1.29 is 9.90 Å². The van der Waals surface area contributed by atoms with Crippen LogP contribution in [0.15, 0.2) is 22.7 Å². The van der Waals surface area contributed by atoms with Gasteiger partial charge >= 0.3 is 0 Å². The number of halogens is 1. The normalized spacial score (nSPS) is 22.6. The molecule has 2 atom stereocenters. The summed E-state index contributed by atoms with van der Waals surface area (Å²) in [5.74, 6) is 0.228. The van der Waals surface area contributed by atoms with E-state index in [4.69, 9.17) is 5.73 Å². The summed E-state index contributed by atoms with van der Waals surface area (Å²) < 4.78 is 0.783. The van der Waals surface area contributed by atoms with Gasteiger partial charge in [-0.3, -0.25) is 4.79 Å². The van der Waals surface area contributed by atoms with Gasteiger partial charge in [0.2, 0.25) is 0 Å². The first-order valence-electron chi connectivity index (χ1n) is 7.00. The third-order valence-corrected chi connectivity index (χ3v) is 4.67. The highest BCUT2D eigenvalue weighted by molar-refractivity contribution is 9.10. The topological polar surface area (TPSA) is 66.6 Å². The molecule has 0 bridgehead atoms. The van der Waals surface area contributed by atoms with E-state index in [0.717, 1.165) is 23.7 Å². The molecule has 110 valence electrons. The zero-order valence-corrected chi connectivity index (χ0v) is 13.3. The van der Waals surface area contributed by atoms with Gasteiger partial charge in [0.15, 0.2) is 0 Å². The first-order chi connectivity index (χ1) is 9.54. The highest BCUT2D eigenvalue weighted by Gasteiger charge is 2.31. The Hall–Kier alpha value is -1.07. The van der Waals surface area contributed by atoms with E-state index in [0.29, 0.717) is 18.0 Å². The van der Waals surface area contributed by atoms with E-state index in [-0.39, 0.29) is 17.7 Å². The molecule has 4 nitrogen and oxygen atoms in total. The maximum absolute atomic E-state index is 12.6. The minimum Gasteiger partial charge on any atom is -0.507 e. The summed E-state index contributed by atoms with van der Waals surface area (Å²) in [6.07, 6.45) is 4.37. The summed E-state index contributed by atoms with van der Waals surface area (Å²) in [6.45, 7) is 0.604. The first-order valence-corrected chi connectivity index (χ1v) is 7.79. The summed E-state index contributed by atoms with van der Waals surface area (Å²) in [6, 6.07) is 5.08. The standard InChI is InChI=1S/C15H21BrN2O2/c1-18(13-5-3-2-4-10(13)9-17)15(20)12-8-11(16)6-7-14(12)19/h6-8,10,13,19H,2-5,9,17H2,1H3. The van der Waals surface area contributed by atoms with E-state index in [1.165, 1.54) is 12.5 Å². The van der Waals surface area contributed by atoms with E-state index in [2.05, 4.69) is 15.9 Å². The lowest BCUT2D eigenvalue weighted by molar-refractivity contribution is 0.0617. The summed E-state index contributed by atoms with van der Waals surface area (Å²) in [5, 5.41) is 9.88. The van der Waals surface area contributed by atoms with Crippen molar-refractivity contribution in [2.45, 2.75) is 31.7 Å². The zero-order chi connectivity index (χ0) is 14.7. The second-order valence-electron chi connectivity index (χ2n) is 5.43. The predicted molar refractivity (Wildman–Crippen MR) is 82.7 cm³/mol. The van der Waals surface area contributed by atoms with Gasteiger partial charge < -0.3 is 15.7 Å². The van der Waals surface area contributed by atoms with Crippen LogP contribution >= 0.6 is 15.9 Å². The Morgan fingerprint density at radius 2 is 2.15 bits per heavy atom. The molecule has 1 saturated carbocycles. The Balaban J connectivity index is 2.21. The van der Waals surface area contributed by atoms with Crippen LogP contribution in [-0.2, 0) is 0 Å². The predicted octanol–water partition coefficient (Wildman–Crippen LogP) is 2.74. The molecular weight excluding hydrogens is 320 g/mol. The van der Waals surface area contributed by atoms with Crippen LogP contribution in [0.1, 0.15) is 36.0 Å². The Morgan fingerprint density at radius 1 is 1.45 bits per heavy atom. The number of nitrogens with zero attached hydrogens (tertiary/aromatic N) is 1. The Labute approximate surface area is 128 Å². The van der Waals surface area contributed by atoms with E-state index >= 15 is 0 Å². The van der Waals surface area contributed by atoms with Gasteiger partial charge in [0.25, 0.3) is 5.91 Å². The minimum absolute atomic E-state index is 0.0187. The number of aromatic hydroxyl groups is 1. The van der Waals surface area contributed by atoms with Crippen molar-refractivity contribution in [3.8, 4) is 5.75 Å². The molecule has 3 N–H and O–H groups in total. The molecule has 1 aromatic rings. The molecule has 1 aromatic carbocycles. The van der Waals surface area contributed by atoms with Crippen molar-refractivity contribution in [2.75, 3.05) is 13.6 Å². The van der Waals surface area contributed by atoms with Crippen molar-refractivity contribution in [3.63, 3.8) is 0 Å². The summed E-state index contributed by atoms with van der Waals surface area (Å²) in [4.78, 5) is 14.3. The second kappa shape index (κ2) is 6.59. The maximum Gasteiger partial charge on any atom is 0.257 e. The third-order valence-electron chi connectivity index (χ3n) is 4.18. The van der Waals surface area contributed by atoms with Crippen LogP contribution in [-0.4, -0.2) is 35.5 Å². The monoisotopic (exact) mass is 340 g/mol. The highest BCUT2D eigenvalue weighted by atomic mass is 79.9. The molecule has 1 aliphatic carbocycles. The molecule has 0 aliphatic heterocycles. The van der Waals surface area contributed by atoms with Gasteiger partial charge in [0.1, 0.15) is 5.75 Å². The molecule has 5 heteroatoms. The van der Waals surface area contributed by atoms with Crippen LogP contribution < -0.4 is 5.73 Å². The zero-order valence-electron chi connectivity index (χ0n) is 11.7. The van der Waals surface area contributed by atoms with E-state index < -0.39 is 0 Å². The molecule has 2 unspecified atom stereocenters. The van der Waals surface area contributed by atoms with Crippen LogP contribution in [0.25, 0.3) is 0 Å². The number of benzene rings is 1. The average Bonchev–Trinajstić information content (AvgIpc) is 2.48. The number of hydrogen-bond acceptors (Lipinski definition) is 3. The lowest BCUT2D eigenvalue weighted by atomic mass is 9.83. The SMILES string of the molecule is CN(C(=O)c1cc(Br)ccc1O)C1CCCCC1CN. The third kappa shape index (κ3) is 3.15. The largest absolute Gasteiger partial charge is 0.507 e. The van der Waals surface area contributed by atoms with Gasteiger partial charge in [0, 0.05) is 17.6 Å². The van der Waals surface area contributed by atoms with Crippen molar-refractivity contribution in [3.05, 3.63) is 28.2 Å². The van der Waals surface area contributed by atoms with Crippen LogP contribution in [0.2, 0.25) is 0 Å². The average molecular weight is 341 g/mol. The molecule has 0 spiro atoms. The molecule has 0 saturated heterocycles. The van der Waals surface area contributed by atoms with Crippen molar-refractivity contribution in [1.82, 2.24) is 4.90 Å². The summed E-state index contributed by atoms with van der Waals surface area (Å²) >= 11 is 3.33. The number of amides is 1. The first kappa shape index (κ1) is 15.3. The van der Waals surface area contributed by atoms with Gasteiger partial charge in [-0.1, -0.05) is 28.8 Å². The van der Waals surface area contributed by atoms with Gasteiger partial charge in [-0.05, 0) is 43.5 Å². The molecule has 0 aromatic heterocycles. The van der Waals surface area contributed by atoms with Crippen LogP contribution in [0.3, 0.4) is 0 Å².